The van der Waals surface area contributed by atoms with Crippen LogP contribution in [0.1, 0.15) is 39.0 Å². The van der Waals surface area contributed by atoms with Crippen molar-refractivity contribution < 1.29 is 44.1 Å². The van der Waals surface area contributed by atoms with E-state index in [2.05, 4.69) is 21.3 Å². The molecule has 5 atom stereocenters. The van der Waals surface area contributed by atoms with Gasteiger partial charge in [0, 0.05) is 6.42 Å². The predicted octanol–water partition coefficient (Wildman–Crippen LogP) is -3.60. The van der Waals surface area contributed by atoms with Gasteiger partial charge in [-0.05, 0) is 32.7 Å². The molecule has 0 spiro atoms. The number of carbonyl (C=O) groups is 6. The van der Waals surface area contributed by atoms with Crippen LogP contribution in [-0.2, 0) is 28.8 Å². The lowest BCUT2D eigenvalue weighted by molar-refractivity contribution is -0.144. The number of amides is 4. The molecule has 1 rings (SSSR count). The number of aliphatic hydroxyl groups excluding tert-OH is 1. The van der Waals surface area contributed by atoms with Crippen LogP contribution in [0.5, 0.6) is 0 Å². The van der Waals surface area contributed by atoms with Gasteiger partial charge in [0.1, 0.15) is 18.1 Å². The van der Waals surface area contributed by atoms with E-state index in [1.165, 1.54) is 0 Å². The normalized spacial score (nSPS) is 19.1. The second kappa shape index (κ2) is 12.6. The largest absolute Gasteiger partial charge is 0.481 e. The van der Waals surface area contributed by atoms with Crippen LogP contribution in [0.3, 0.4) is 0 Å². The van der Waals surface area contributed by atoms with Gasteiger partial charge in [-0.1, -0.05) is 0 Å². The summed E-state index contributed by atoms with van der Waals surface area (Å²) in [7, 11) is 0. The number of primary amides is 1. The van der Waals surface area contributed by atoms with Gasteiger partial charge in [0.15, 0.2) is 0 Å². The summed E-state index contributed by atoms with van der Waals surface area (Å²) in [4.78, 5) is 70.7. The molecule has 0 aromatic heterocycles. The summed E-state index contributed by atoms with van der Waals surface area (Å²) in [6.45, 7) is 1.77. The summed E-state index contributed by atoms with van der Waals surface area (Å²) in [6.07, 6.45) is -1.75. The standard InChI is InChI=1S/C18H29N5O9/c1-8(24)14(17(30)21-10(18(31)32)4-5-13(26)27)23-16(29)11(7-12(19)25)22-15(28)9-3-2-6-20-9/h8-11,14,20,24H,2-7H2,1H3,(H2,19,25)(H,21,30)(H,22,28)(H,23,29)(H,26,27)(H,31,32). The van der Waals surface area contributed by atoms with Crippen molar-refractivity contribution in [1.82, 2.24) is 21.3 Å². The van der Waals surface area contributed by atoms with Crippen LogP contribution < -0.4 is 27.0 Å². The summed E-state index contributed by atoms with van der Waals surface area (Å²) in [5.41, 5.74) is 5.14. The third-order valence-corrected chi connectivity index (χ3v) is 4.74. The van der Waals surface area contributed by atoms with E-state index in [1.807, 2.05) is 0 Å². The Labute approximate surface area is 183 Å². The number of carboxylic acids is 2. The summed E-state index contributed by atoms with van der Waals surface area (Å²) in [6, 6.07) is -5.21. The lowest BCUT2D eigenvalue weighted by Crippen LogP contribution is -2.60. The highest BCUT2D eigenvalue weighted by Gasteiger charge is 2.34. The smallest absolute Gasteiger partial charge is 0.326 e. The van der Waals surface area contributed by atoms with Crippen molar-refractivity contribution in [2.75, 3.05) is 6.54 Å². The van der Waals surface area contributed by atoms with Crippen LogP contribution in [0.25, 0.3) is 0 Å². The minimum absolute atomic E-state index is 0.425. The fraction of sp³-hybridized carbons (Fsp3) is 0.667. The first-order chi connectivity index (χ1) is 14.9. The van der Waals surface area contributed by atoms with Crippen molar-refractivity contribution in [3.63, 3.8) is 0 Å². The number of nitrogens with one attached hydrogen (secondary N) is 4. The molecule has 0 bridgehead atoms. The van der Waals surface area contributed by atoms with E-state index in [9.17, 15) is 33.9 Å². The van der Waals surface area contributed by atoms with Gasteiger partial charge in [-0.15, -0.1) is 0 Å². The van der Waals surface area contributed by atoms with E-state index in [-0.39, 0.29) is 0 Å². The predicted molar refractivity (Wildman–Crippen MR) is 107 cm³/mol. The van der Waals surface area contributed by atoms with E-state index >= 15 is 0 Å². The molecule has 14 heteroatoms. The van der Waals surface area contributed by atoms with Crippen molar-refractivity contribution in [2.45, 2.75) is 69.3 Å². The fourth-order valence-corrected chi connectivity index (χ4v) is 3.04. The van der Waals surface area contributed by atoms with Gasteiger partial charge in [0.2, 0.25) is 23.6 Å². The van der Waals surface area contributed by atoms with Crippen LogP contribution in [0.15, 0.2) is 0 Å². The zero-order valence-corrected chi connectivity index (χ0v) is 17.5. The van der Waals surface area contributed by atoms with Gasteiger partial charge < -0.3 is 42.3 Å². The second-order valence-electron chi connectivity index (χ2n) is 7.44. The van der Waals surface area contributed by atoms with Crippen LogP contribution in [0.4, 0.5) is 0 Å². The summed E-state index contributed by atoms with van der Waals surface area (Å²) < 4.78 is 0. The SMILES string of the molecule is CC(O)C(NC(=O)C(CC(N)=O)NC(=O)C1CCCN1)C(=O)NC(CCC(=O)O)C(=O)O. The number of hydrogen-bond donors (Lipinski definition) is 8. The van der Waals surface area contributed by atoms with Crippen molar-refractivity contribution in [2.24, 2.45) is 5.73 Å². The average molecular weight is 459 g/mol. The number of aliphatic hydroxyl groups is 1. The summed E-state index contributed by atoms with van der Waals surface area (Å²) >= 11 is 0. The first-order valence-corrected chi connectivity index (χ1v) is 9.97. The molecule has 1 fully saturated rings. The van der Waals surface area contributed by atoms with Gasteiger partial charge in [0.05, 0.1) is 18.6 Å². The summed E-state index contributed by atoms with van der Waals surface area (Å²) in [5.74, 6) is -6.30. The Kier molecular flexibility index (Phi) is 10.5. The Morgan fingerprint density at radius 3 is 2.16 bits per heavy atom. The Balaban J connectivity index is 2.88. The third-order valence-electron chi connectivity index (χ3n) is 4.74. The van der Waals surface area contributed by atoms with Gasteiger partial charge in [-0.3, -0.25) is 24.0 Å². The van der Waals surface area contributed by atoms with Crippen LogP contribution in [0.2, 0.25) is 0 Å². The molecule has 4 amide bonds. The number of nitrogens with two attached hydrogens (primary N) is 1. The topological polar surface area (TPSA) is 237 Å². The van der Waals surface area contributed by atoms with Crippen LogP contribution in [-0.4, -0.2) is 87.7 Å². The molecule has 0 aromatic rings. The third kappa shape index (κ3) is 8.85. The lowest BCUT2D eigenvalue weighted by Gasteiger charge is -2.26. The fourth-order valence-electron chi connectivity index (χ4n) is 3.04. The highest BCUT2D eigenvalue weighted by molar-refractivity contribution is 5.96. The van der Waals surface area contributed by atoms with Crippen molar-refractivity contribution in [1.29, 1.82) is 0 Å². The molecule has 180 valence electrons. The van der Waals surface area contributed by atoms with E-state index in [0.717, 1.165) is 13.3 Å². The molecular formula is C18H29N5O9. The molecule has 1 saturated heterocycles. The number of carboxylic acid groups (broad SMARTS) is 2. The molecule has 0 aromatic carbocycles. The minimum Gasteiger partial charge on any atom is -0.481 e. The van der Waals surface area contributed by atoms with Crippen molar-refractivity contribution >= 4 is 35.6 Å². The molecule has 0 aliphatic carbocycles. The Morgan fingerprint density at radius 2 is 1.69 bits per heavy atom. The zero-order valence-electron chi connectivity index (χ0n) is 17.5. The Hall–Kier alpha value is -3.26. The molecular weight excluding hydrogens is 430 g/mol. The average Bonchev–Trinajstić information content (AvgIpc) is 3.22. The van der Waals surface area contributed by atoms with Gasteiger partial charge in [0.25, 0.3) is 0 Å². The first-order valence-electron chi connectivity index (χ1n) is 9.97. The van der Waals surface area contributed by atoms with Crippen molar-refractivity contribution in [3.05, 3.63) is 0 Å². The maximum absolute atomic E-state index is 12.6. The first kappa shape index (κ1) is 26.8. The number of aliphatic carboxylic acids is 2. The quantitative estimate of drug-likeness (QED) is 0.135. The number of rotatable bonds is 13. The molecule has 1 aliphatic heterocycles. The van der Waals surface area contributed by atoms with E-state index in [4.69, 9.17) is 15.9 Å². The molecule has 5 unspecified atom stereocenters. The number of carbonyl (C=O) groups excluding carboxylic acids is 4. The van der Waals surface area contributed by atoms with Gasteiger partial charge in [-0.2, -0.15) is 0 Å². The molecule has 14 nitrogen and oxygen atoms in total. The highest BCUT2D eigenvalue weighted by atomic mass is 16.4. The van der Waals surface area contributed by atoms with Gasteiger partial charge in [-0.25, -0.2) is 4.79 Å². The van der Waals surface area contributed by atoms with E-state index in [0.29, 0.717) is 13.0 Å². The minimum atomic E-state index is -1.65. The molecule has 1 aliphatic rings. The highest BCUT2D eigenvalue weighted by Crippen LogP contribution is 2.07. The summed E-state index contributed by atoms with van der Waals surface area (Å²) in [5, 5.41) is 37.3. The molecule has 0 saturated carbocycles. The number of hydrogen-bond acceptors (Lipinski definition) is 8. The van der Waals surface area contributed by atoms with Crippen LogP contribution in [0, 0.1) is 0 Å². The molecule has 32 heavy (non-hydrogen) atoms. The van der Waals surface area contributed by atoms with Gasteiger partial charge >= 0.3 is 11.9 Å². The Bertz CT molecular complexity index is 736. The maximum atomic E-state index is 12.6. The molecule has 9 N–H and O–H groups in total. The molecule has 0 radical (unpaired) electrons. The van der Waals surface area contributed by atoms with Crippen molar-refractivity contribution in [3.8, 4) is 0 Å². The lowest BCUT2D eigenvalue weighted by atomic mass is 10.1. The second-order valence-corrected chi connectivity index (χ2v) is 7.44. The zero-order chi connectivity index (χ0) is 24.4. The molecule has 1 heterocycles. The van der Waals surface area contributed by atoms with E-state index < -0.39 is 85.1 Å². The van der Waals surface area contributed by atoms with E-state index in [1.54, 1.807) is 0 Å². The Morgan fingerprint density at radius 1 is 1.03 bits per heavy atom. The maximum Gasteiger partial charge on any atom is 0.326 e. The van der Waals surface area contributed by atoms with Crippen LogP contribution >= 0.6 is 0 Å². The monoisotopic (exact) mass is 459 g/mol.